The summed E-state index contributed by atoms with van der Waals surface area (Å²) in [6, 6.07) is 1.92. The molecule has 1 fully saturated rings. The summed E-state index contributed by atoms with van der Waals surface area (Å²) in [5.74, 6) is 0.0839. The zero-order valence-corrected chi connectivity index (χ0v) is 13.6. The topological polar surface area (TPSA) is 97.9 Å². The van der Waals surface area contributed by atoms with Crippen molar-refractivity contribution in [3.8, 4) is 0 Å². The van der Waals surface area contributed by atoms with Crippen molar-refractivity contribution >= 4 is 22.6 Å². The van der Waals surface area contributed by atoms with Gasteiger partial charge in [0.2, 0.25) is 0 Å². The molecule has 0 bridgehead atoms. The van der Waals surface area contributed by atoms with Gasteiger partial charge in [-0.1, -0.05) is 16.7 Å². The normalized spacial score (nSPS) is 27.3. The highest BCUT2D eigenvalue weighted by atomic mass is 35.5. The maximum absolute atomic E-state index is 8.58. The van der Waals surface area contributed by atoms with Crippen molar-refractivity contribution in [2.75, 3.05) is 20.8 Å². The van der Waals surface area contributed by atoms with E-state index >= 15 is 0 Å². The molecule has 122 valence electrons. The largest absolute Gasteiger partial charge is 0.378 e. The Balaban J connectivity index is 1.99. The zero-order chi connectivity index (χ0) is 16.4. The molecule has 2 aromatic heterocycles. The van der Waals surface area contributed by atoms with E-state index in [4.69, 9.17) is 26.6 Å². The van der Waals surface area contributed by atoms with Crippen molar-refractivity contribution < 1.29 is 9.47 Å². The molecule has 0 amide bonds. The number of ether oxygens (including phenoxy) is 2. The van der Waals surface area contributed by atoms with Crippen LogP contribution in [0.3, 0.4) is 0 Å². The van der Waals surface area contributed by atoms with Crippen LogP contribution in [0.4, 0.5) is 0 Å². The minimum atomic E-state index is -0.164. The summed E-state index contributed by atoms with van der Waals surface area (Å²) >= 11 is 6.12. The van der Waals surface area contributed by atoms with Crippen LogP contribution in [0.1, 0.15) is 12.5 Å². The van der Waals surface area contributed by atoms with Crippen LogP contribution in [-0.2, 0) is 9.47 Å². The predicted octanol–water partition coefficient (Wildman–Crippen LogP) is 2.99. The molecular formula is C14H17ClN6O2. The second-order valence-electron chi connectivity index (χ2n) is 5.50. The lowest BCUT2D eigenvalue weighted by atomic mass is 10.1. The number of methoxy groups -OCH3 is 2. The molecule has 0 spiro atoms. The molecule has 1 saturated carbocycles. The zero-order valence-electron chi connectivity index (χ0n) is 12.8. The van der Waals surface area contributed by atoms with Crippen molar-refractivity contribution in [2.24, 2.45) is 11.0 Å². The summed E-state index contributed by atoms with van der Waals surface area (Å²) in [7, 11) is 3.31. The fraction of sp³-hybridized carbons (Fsp3) is 0.571. The molecule has 2 heterocycles. The molecule has 0 aliphatic heterocycles. The monoisotopic (exact) mass is 336 g/mol. The summed E-state index contributed by atoms with van der Waals surface area (Å²) in [5, 5.41) is 4.93. The van der Waals surface area contributed by atoms with Gasteiger partial charge in [0.05, 0.1) is 17.5 Å². The molecule has 9 heteroatoms. The Morgan fingerprint density at radius 3 is 2.87 bits per heavy atom. The van der Waals surface area contributed by atoms with Gasteiger partial charge in [0, 0.05) is 31.9 Å². The van der Waals surface area contributed by atoms with Crippen molar-refractivity contribution in [1.29, 1.82) is 0 Å². The second kappa shape index (κ2) is 6.72. The number of fused-ring (bicyclic) bond motifs is 1. The Morgan fingerprint density at radius 2 is 2.17 bits per heavy atom. The number of hydrogen-bond acceptors (Lipinski definition) is 5. The van der Waals surface area contributed by atoms with Crippen LogP contribution in [0, 0.1) is 5.92 Å². The highest BCUT2D eigenvalue weighted by Gasteiger charge is 2.44. The molecule has 0 N–H and O–H groups in total. The summed E-state index contributed by atoms with van der Waals surface area (Å²) in [5.41, 5.74) is 9.34. The standard InChI is InChI=1S/C14H17ClN6O2/c1-22-11-8(6-19-20-16)5-10(12(11)23-2)21-4-3-9-13(15)17-7-18-14(9)21/h3-4,7-8,10-12H,5-6H2,1-2H3/t8-,10-,11-,12+/m1/s1. The van der Waals surface area contributed by atoms with Crippen molar-refractivity contribution in [2.45, 2.75) is 24.7 Å². The van der Waals surface area contributed by atoms with E-state index in [9.17, 15) is 0 Å². The maximum Gasteiger partial charge on any atom is 0.145 e. The SMILES string of the molecule is CO[C@@H]1[C@@H](CN=[N+]=[N-])C[C@@H](n2ccc3c(Cl)ncnc32)[C@@H]1OC. The van der Waals surface area contributed by atoms with Crippen LogP contribution < -0.4 is 0 Å². The molecule has 1 aliphatic carbocycles. The van der Waals surface area contributed by atoms with Gasteiger partial charge in [-0.3, -0.25) is 0 Å². The van der Waals surface area contributed by atoms with Crippen molar-refractivity contribution in [1.82, 2.24) is 14.5 Å². The van der Waals surface area contributed by atoms with E-state index in [1.165, 1.54) is 6.33 Å². The van der Waals surface area contributed by atoms with Gasteiger partial charge in [-0.25, -0.2) is 9.97 Å². The number of azide groups is 1. The van der Waals surface area contributed by atoms with Crippen molar-refractivity contribution in [3.63, 3.8) is 0 Å². The Hall–Kier alpha value is -1.86. The number of hydrogen-bond donors (Lipinski definition) is 0. The highest BCUT2D eigenvalue weighted by molar-refractivity contribution is 6.33. The fourth-order valence-electron chi connectivity index (χ4n) is 3.48. The van der Waals surface area contributed by atoms with Gasteiger partial charge in [0.15, 0.2) is 0 Å². The maximum atomic E-state index is 8.58. The third-order valence-electron chi connectivity index (χ3n) is 4.45. The molecule has 3 rings (SSSR count). The Kier molecular flexibility index (Phi) is 4.68. The molecule has 0 radical (unpaired) electrons. The average Bonchev–Trinajstić information content (AvgIpc) is 3.13. The first kappa shape index (κ1) is 16.0. The van der Waals surface area contributed by atoms with E-state index in [2.05, 4.69) is 20.0 Å². The lowest BCUT2D eigenvalue weighted by Gasteiger charge is -2.25. The Morgan fingerprint density at radius 1 is 1.39 bits per heavy atom. The third-order valence-corrected chi connectivity index (χ3v) is 4.75. The van der Waals surface area contributed by atoms with Gasteiger partial charge in [0.25, 0.3) is 0 Å². The summed E-state index contributed by atoms with van der Waals surface area (Å²) in [6.07, 6.45) is 3.84. The Labute approximate surface area is 138 Å². The van der Waals surface area contributed by atoms with E-state index in [1.807, 2.05) is 16.8 Å². The summed E-state index contributed by atoms with van der Waals surface area (Å²) in [4.78, 5) is 11.2. The number of aromatic nitrogens is 3. The lowest BCUT2D eigenvalue weighted by molar-refractivity contribution is -0.0443. The molecular weight excluding hydrogens is 320 g/mol. The molecule has 4 atom stereocenters. The van der Waals surface area contributed by atoms with Crippen LogP contribution in [-0.4, -0.2) is 47.5 Å². The van der Waals surface area contributed by atoms with Gasteiger partial charge in [-0.2, -0.15) is 0 Å². The first-order valence-corrected chi connectivity index (χ1v) is 7.62. The minimum absolute atomic E-state index is 0.0207. The second-order valence-corrected chi connectivity index (χ2v) is 5.86. The molecule has 1 aliphatic rings. The van der Waals surface area contributed by atoms with Gasteiger partial charge in [-0.05, 0) is 23.9 Å². The number of rotatable bonds is 5. The van der Waals surface area contributed by atoms with E-state index in [-0.39, 0.29) is 24.2 Å². The first-order valence-electron chi connectivity index (χ1n) is 7.24. The smallest absolute Gasteiger partial charge is 0.145 e. The van der Waals surface area contributed by atoms with Gasteiger partial charge < -0.3 is 14.0 Å². The van der Waals surface area contributed by atoms with E-state index in [0.717, 1.165) is 17.5 Å². The van der Waals surface area contributed by atoms with Crippen LogP contribution >= 0.6 is 11.6 Å². The summed E-state index contributed by atoms with van der Waals surface area (Å²) in [6.45, 7) is 0.375. The molecule has 2 aromatic rings. The minimum Gasteiger partial charge on any atom is -0.378 e. The molecule has 0 aromatic carbocycles. The van der Waals surface area contributed by atoms with Crippen LogP contribution in [0.5, 0.6) is 0 Å². The van der Waals surface area contributed by atoms with Gasteiger partial charge in [0.1, 0.15) is 23.2 Å². The highest BCUT2D eigenvalue weighted by Crippen LogP contribution is 2.40. The molecule has 23 heavy (non-hydrogen) atoms. The van der Waals surface area contributed by atoms with Gasteiger partial charge >= 0.3 is 0 Å². The lowest BCUT2D eigenvalue weighted by Crippen LogP contribution is -2.33. The molecule has 0 unspecified atom stereocenters. The van der Waals surface area contributed by atoms with Crippen LogP contribution in [0.15, 0.2) is 23.7 Å². The third kappa shape index (κ3) is 2.74. The van der Waals surface area contributed by atoms with E-state index < -0.39 is 0 Å². The number of halogens is 1. The molecule has 8 nitrogen and oxygen atoms in total. The number of nitrogens with zero attached hydrogens (tertiary/aromatic N) is 6. The quantitative estimate of drug-likeness (QED) is 0.362. The van der Waals surface area contributed by atoms with E-state index in [0.29, 0.717) is 11.7 Å². The van der Waals surface area contributed by atoms with E-state index in [1.54, 1.807) is 14.2 Å². The molecule has 0 saturated heterocycles. The fourth-order valence-corrected chi connectivity index (χ4v) is 3.67. The van der Waals surface area contributed by atoms with Crippen LogP contribution in [0.2, 0.25) is 5.15 Å². The predicted molar refractivity (Wildman–Crippen MR) is 85.3 cm³/mol. The van der Waals surface area contributed by atoms with Crippen molar-refractivity contribution in [3.05, 3.63) is 34.2 Å². The van der Waals surface area contributed by atoms with Gasteiger partial charge in [-0.15, -0.1) is 0 Å². The Bertz CT molecular complexity index is 744. The van der Waals surface area contributed by atoms with Crippen LogP contribution in [0.25, 0.3) is 21.5 Å². The average molecular weight is 337 g/mol. The first-order chi connectivity index (χ1) is 11.2. The summed E-state index contributed by atoms with van der Waals surface area (Å²) < 4.78 is 13.3.